The second kappa shape index (κ2) is 18.9. The molecule has 0 saturated carbocycles. The van der Waals surface area contributed by atoms with E-state index in [-0.39, 0.29) is 6.61 Å². The summed E-state index contributed by atoms with van der Waals surface area (Å²) in [5, 5.41) is 103. The average Bonchev–Trinajstić information content (AvgIpc) is 3.02. The summed E-state index contributed by atoms with van der Waals surface area (Å²) in [5.74, 6) is 1.95. The van der Waals surface area contributed by atoms with E-state index in [0.29, 0.717) is 13.0 Å². The van der Waals surface area contributed by atoms with Gasteiger partial charge in [-0.05, 0) is 18.6 Å². The minimum atomic E-state index is -1.89. The molecule has 0 aromatic carbocycles. The molecule has 3 fully saturated rings. The monoisotopic (exact) mass is 663 g/mol. The van der Waals surface area contributed by atoms with Crippen LogP contribution in [-0.2, 0) is 28.4 Å². The van der Waals surface area contributed by atoms with Crippen molar-refractivity contribution in [3.63, 3.8) is 0 Å². The first-order chi connectivity index (χ1) is 21.1. The summed E-state index contributed by atoms with van der Waals surface area (Å²) in [6.45, 7) is -1.32. The first-order valence-electron chi connectivity index (χ1n) is 14.8. The van der Waals surface area contributed by atoms with E-state index in [1.54, 1.807) is 11.8 Å². The van der Waals surface area contributed by atoms with Crippen LogP contribution in [0.15, 0.2) is 0 Å². The van der Waals surface area contributed by atoms with Gasteiger partial charge in [0.1, 0.15) is 73.2 Å². The lowest BCUT2D eigenvalue weighted by molar-refractivity contribution is -0.379. The zero-order valence-corrected chi connectivity index (χ0v) is 25.2. The average molecular weight is 664 g/mol. The minimum absolute atomic E-state index is 0.235. The Kier molecular flexibility index (Phi) is 16.3. The molecule has 3 aliphatic rings. The van der Waals surface area contributed by atoms with E-state index in [1.807, 2.05) is 0 Å². The molecule has 3 aliphatic heterocycles. The van der Waals surface area contributed by atoms with Crippen molar-refractivity contribution in [2.24, 2.45) is 5.73 Å². The highest BCUT2D eigenvalue weighted by atomic mass is 32.2. The lowest BCUT2D eigenvalue weighted by Crippen LogP contribution is -2.66. The van der Waals surface area contributed by atoms with E-state index < -0.39 is 112 Å². The summed E-state index contributed by atoms with van der Waals surface area (Å²) in [6, 6.07) is 0. The molecular formula is C26H49NO16S. The van der Waals surface area contributed by atoms with Crippen molar-refractivity contribution in [3.05, 3.63) is 0 Å². The van der Waals surface area contributed by atoms with Crippen molar-refractivity contribution >= 4 is 11.8 Å². The van der Waals surface area contributed by atoms with Crippen molar-refractivity contribution in [2.45, 2.75) is 118 Å². The van der Waals surface area contributed by atoms with Gasteiger partial charge in [0, 0.05) is 18.9 Å². The van der Waals surface area contributed by atoms with Gasteiger partial charge in [0.05, 0.1) is 19.8 Å². The van der Waals surface area contributed by atoms with Gasteiger partial charge in [-0.2, -0.15) is 11.8 Å². The number of unbranched alkanes of at least 4 members (excludes halogenated alkanes) is 3. The number of ether oxygens (including phenoxy) is 6. The van der Waals surface area contributed by atoms with Gasteiger partial charge in [-0.1, -0.05) is 12.8 Å². The molecule has 0 amide bonds. The van der Waals surface area contributed by atoms with Gasteiger partial charge in [0.15, 0.2) is 18.9 Å². The fraction of sp³-hybridized carbons (Fsp3) is 1.00. The second-order valence-corrected chi connectivity index (χ2v) is 12.2. The lowest BCUT2D eigenvalue weighted by atomic mass is 9.96. The molecule has 18 heteroatoms. The van der Waals surface area contributed by atoms with Crippen molar-refractivity contribution in [1.29, 1.82) is 0 Å². The first-order valence-corrected chi connectivity index (χ1v) is 16.0. The number of aliphatic hydroxyl groups is 10. The summed E-state index contributed by atoms with van der Waals surface area (Å²) >= 11 is 1.80. The van der Waals surface area contributed by atoms with E-state index in [0.717, 1.165) is 30.8 Å². The minimum Gasteiger partial charge on any atom is -0.394 e. The van der Waals surface area contributed by atoms with E-state index in [1.165, 1.54) is 0 Å². The van der Waals surface area contributed by atoms with Crippen LogP contribution in [0.25, 0.3) is 0 Å². The second-order valence-electron chi connectivity index (χ2n) is 11.0. The van der Waals surface area contributed by atoms with Gasteiger partial charge in [-0.25, -0.2) is 0 Å². The predicted octanol–water partition coefficient (Wildman–Crippen LogP) is -5.30. The highest BCUT2D eigenvalue weighted by Gasteiger charge is 2.53. The van der Waals surface area contributed by atoms with Gasteiger partial charge in [-0.3, -0.25) is 0 Å². The van der Waals surface area contributed by atoms with E-state index in [9.17, 15) is 51.1 Å². The van der Waals surface area contributed by atoms with Gasteiger partial charge in [-0.15, -0.1) is 0 Å². The maximum absolute atomic E-state index is 10.8. The van der Waals surface area contributed by atoms with Gasteiger partial charge in [0.25, 0.3) is 0 Å². The fourth-order valence-corrected chi connectivity index (χ4v) is 6.00. The fourth-order valence-electron chi connectivity index (χ4n) is 5.23. The van der Waals surface area contributed by atoms with E-state index in [2.05, 4.69) is 0 Å². The Morgan fingerprint density at radius 2 is 1.00 bits per heavy atom. The normalized spacial score (nSPS) is 43.3. The summed E-state index contributed by atoms with van der Waals surface area (Å²) in [7, 11) is 0. The highest BCUT2D eigenvalue weighted by molar-refractivity contribution is 7.99. The predicted molar refractivity (Wildman–Crippen MR) is 150 cm³/mol. The number of rotatable bonds is 17. The molecule has 12 N–H and O–H groups in total. The van der Waals surface area contributed by atoms with Crippen molar-refractivity contribution in [1.82, 2.24) is 0 Å². The van der Waals surface area contributed by atoms with Crippen LogP contribution in [0, 0.1) is 0 Å². The Morgan fingerprint density at radius 3 is 1.55 bits per heavy atom. The molecule has 3 saturated heterocycles. The smallest absolute Gasteiger partial charge is 0.187 e. The molecule has 15 atom stereocenters. The SMILES string of the molecule is NCCSCCCCCCO[C@@H]1OC(CO)[C@@H](O[C@@H]2OC(CO)[C@H](O[C@H]3OC(CO)[C@H](O)C(O)C3O)C(O)C2O)C(O)C1O. The lowest BCUT2D eigenvalue weighted by Gasteiger charge is -2.48. The third kappa shape index (κ3) is 9.61. The molecule has 9 unspecified atom stereocenters. The molecule has 0 aliphatic carbocycles. The van der Waals surface area contributed by atoms with E-state index >= 15 is 0 Å². The maximum Gasteiger partial charge on any atom is 0.187 e. The maximum atomic E-state index is 10.8. The Balaban J connectivity index is 1.55. The molecule has 17 nitrogen and oxygen atoms in total. The third-order valence-electron chi connectivity index (χ3n) is 7.80. The van der Waals surface area contributed by atoms with Crippen molar-refractivity contribution in [3.8, 4) is 0 Å². The molecule has 0 aromatic rings. The zero-order valence-electron chi connectivity index (χ0n) is 24.3. The molecule has 0 bridgehead atoms. The molecule has 0 radical (unpaired) electrons. The number of hydrogen-bond donors (Lipinski definition) is 11. The Bertz CT molecular complexity index is 801. The summed E-state index contributed by atoms with van der Waals surface area (Å²) in [6.07, 6.45) is -20.4. The van der Waals surface area contributed by atoms with Crippen LogP contribution in [0.1, 0.15) is 25.7 Å². The van der Waals surface area contributed by atoms with Crippen LogP contribution in [0.3, 0.4) is 0 Å². The molecule has 3 rings (SSSR count). The number of aliphatic hydroxyl groups excluding tert-OH is 10. The topological polar surface area (TPSA) is 284 Å². The molecule has 260 valence electrons. The Morgan fingerprint density at radius 1 is 0.523 bits per heavy atom. The summed E-state index contributed by atoms with van der Waals surface area (Å²) < 4.78 is 33.3. The highest BCUT2D eigenvalue weighted by Crippen LogP contribution is 2.32. The summed E-state index contributed by atoms with van der Waals surface area (Å²) in [4.78, 5) is 0. The van der Waals surface area contributed by atoms with Gasteiger partial charge >= 0.3 is 0 Å². The van der Waals surface area contributed by atoms with Crippen LogP contribution in [-0.4, -0.2) is 188 Å². The number of nitrogens with two attached hydrogens (primary N) is 1. The zero-order chi connectivity index (χ0) is 32.4. The third-order valence-corrected chi connectivity index (χ3v) is 8.90. The number of thioether (sulfide) groups is 1. The molecule has 3 heterocycles. The molecule has 44 heavy (non-hydrogen) atoms. The van der Waals surface area contributed by atoms with Gasteiger partial charge < -0.3 is 85.2 Å². The van der Waals surface area contributed by atoms with Crippen molar-refractivity contribution in [2.75, 3.05) is 44.5 Å². The van der Waals surface area contributed by atoms with E-state index in [4.69, 9.17) is 34.2 Å². The van der Waals surface area contributed by atoms with Crippen LogP contribution in [0.2, 0.25) is 0 Å². The summed E-state index contributed by atoms with van der Waals surface area (Å²) in [5.41, 5.74) is 5.47. The quantitative estimate of drug-likeness (QED) is 0.0648. The Hall–Kier alpha value is -0.330. The first kappa shape index (κ1) is 38.1. The molecular weight excluding hydrogens is 614 g/mol. The van der Waals surface area contributed by atoms with Crippen molar-refractivity contribution < 1.29 is 79.5 Å². The van der Waals surface area contributed by atoms with Gasteiger partial charge in [0.2, 0.25) is 0 Å². The largest absolute Gasteiger partial charge is 0.394 e. The standard InChI is InChI=1S/C26H49NO16S/c27-5-8-44-7-4-2-1-3-6-38-24-20(36)17(33)22(13(10-29)40-24)43-26-21(37)18(34)23(14(11-30)41-26)42-25-19(35)16(32)15(31)12(9-28)39-25/h12-26,28-37H,1-11,27H2/t12?,13?,14?,15-,16?,17?,18?,19?,20?,21?,22+,23-,24+,25+,26-/m0/s1. The molecule has 0 aromatic heterocycles. The van der Waals surface area contributed by atoms with Crippen LogP contribution < -0.4 is 5.73 Å². The van der Waals surface area contributed by atoms with Crippen LogP contribution in [0.5, 0.6) is 0 Å². The Labute approximate surface area is 259 Å². The van der Waals surface area contributed by atoms with Crippen LogP contribution in [0.4, 0.5) is 0 Å². The number of hydrogen-bond acceptors (Lipinski definition) is 18. The van der Waals surface area contributed by atoms with Crippen LogP contribution >= 0.6 is 11.8 Å². The molecule has 0 spiro atoms.